The molecule has 1 amide bonds. The fourth-order valence-electron chi connectivity index (χ4n) is 3.74. The van der Waals surface area contributed by atoms with Crippen molar-refractivity contribution < 1.29 is 23.2 Å². The Labute approximate surface area is 198 Å². The van der Waals surface area contributed by atoms with Crippen LogP contribution in [0.5, 0.6) is 0 Å². The SMILES string of the molecule is O=C(OCC(=O)N1N=C(c2ccc(Cl)cc2)CC1c1ccco1)c1cc2ccccc2oc1=O. The average molecular weight is 477 g/mol. The highest BCUT2D eigenvalue weighted by atomic mass is 35.5. The van der Waals surface area contributed by atoms with Gasteiger partial charge in [0.05, 0.1) is 12.0 Å². The summed E-state index contributed by atoms with van der Waals surface area (Å²) >= 11 is 5.98. The van der Waals surface area contributed by atoms with Crippen molar-refractivity contribution >= 4 is 40.2 Å². The number of halogens is 1. The maximum atomic E-state index is 13.0. The molecule has 0 aliphatic carbocycles. The molecule has 0 bridgehead atoms. The minimum Gasteiger partial charge on any atom is -0.467 e. The van der Waals surface area contributed by atoms with Crippen molar-refractivity contribution in [2.24, 2.45) is 5.10 Å². The van der Waals surface area contributed by atoms with Gasteiger partial charge < -0.3 is 13.6 Å². The zero-order valence-corrected chi connectivity index (χ0v) is 18.4. The molecule has 5 rings (SSSR count). The molecule has 1 unspecified atom stereocenters. The van der Waals surface area contributed by atoms with Crippen LogP contribution in [0.4, 0.5) is 0 Å². The Morgan fingerprint density at radius 1 is 1.09 bits per heavy atom. The number of hydrazone groups is 1. The largest absolute Gasteiger partial charge is 0.467 e. The normalized spacial score (nSPS) is 15.4. The quantitative estimate of drug-likeness (QED) is 0.309. The van der Waals surface area contributed by atoms with Gasteiger partial charge in [0.25, 0.3) is 5.91 Å². The minimum atomic E-state index is -0.955. The average Bonchev–Trinajstić information content (AvgIpc) is 3.52. The number of fused-ring (bicyclic) bond motifs is 1. The van der Waals surface area contributed by atoms with E-state index in [9.17, 15) is 14.4 Å². The van der Waals surface area contributed by atoms with Crippen LogP contribution in [-0.2, 0) is 9.53 Å². The maximum Gasteiger partial charge on any atom is 0.351 e. The molecule has 1 aliphatic heterocycles. The fourth-order valence-corrected chi connectivity index (χ4v) is 3.86. The van der Waals surface area contributed by atoms with E-state index in [1.165, 1.54) is 17.3 Å². The Kier molecular flexibility index (Phi) is 5.73. The van der Waals surface area contributed by atoms with E-state index in [0.29, 0.717) is 33.9 Å². The van der Waals surface area contributed by atoms with E-state index in [4.69, 9.17) is 25.2 Å². The van der Waals surface area contributed by atoms with Gasteiger partial charge in [0.2, 0.25) is 0 Å². The lowest BCUT2D eigenvalue weighted by molar-refractivity contribution is -0.136. The van der Waals surface area contributed by atoms with Crippen LogP contribution < -0.4 is 5.63 Å². The van der Waals surface area contributed by atoms with E-state index in [1.54, 1.807) is 48.5 Å². The number of rotatable bonds is 5. The molecule has 0 spiro atoms. The number of ether oxygens (including phenoxy) is 1. The third kappa shape index (κ3) is 4.23. The van der Waals surface area contributed by atoms with Gasteiger partial charge in [-0.2, -0.15) is 5.10 Å². The summed E-state index contributed by atoms with van der Waals surface area (Å²) in [6, 6.07) is 18.2. The molecule has 170 valence electrons. The second kappa shape index (κ2) is 8.99. The first-order chi connectivity index (χ1) is 16.5. The number of benzene rings is 2. The molecule has 1 aliphatic rings. The van der Waals surface area contributed by atoms with E-state index in [0.717, 1.165) is 5.56 Å². The van der Waals surface area contributed by atoms with Crippen LogP contribution >= 0.6 is 11.6 Å². The Bertz CT molecular complexity index is 1460. The van der Waals surface area contributed by atoms with Crippen LogP contribution in [0.1, 0.15) is 34.1 Å². The molecule has 34 heavy (non-hydrogen) atoms. The van der Waals surface area contributed by atoms with Gasteiger partial charge in [-0.05, 0) is 42.0 Å². The predicted octanol–water partition coefficient (Wildman–Crippen LogP) is 4.57. The van der Waals surface area contributed by atoms with Crippen LogP contribution in [-0.4, -0.2) is 29.2 Å². The summed E-state index contributed by atoms with van der Waals surface area (Å²) in [4.78, 5) is 37.7. The van der Waals surface area contributed by atoms with Crippen molar-refractivity contribution in [2.45, 2.75) is 12.5 Å². The number of furan rings is 1. The highest BCUT2D eigenvalue weighted by molar-refractivity contribution is 6.30. The molecule has 2 aromatic carbocycles. The molecule has 2 aromatic heterocycles. The Hall–Kier alpha value is -4.17. The van der Waals surface area contributed by atoms with E-state index in [-0.39, 0.29) is 5.56 Å². The molecule has 8 nitrogen and oxygen atoms in total. The van der Waals surface area contributed by atoms with Crippen molar-refractivity contribution in [1.82, 2.24) is 5.01 Å². The first-order valence-corrected chi connectivity index (χ1v) is 10.8. The molecule has 4 aromatic rings. The number of carbonyl (C=O) groups excluding carboxylic acids is 2. The molecular formula is C25H17ClN2O6. The summed E-state index contributed by atoms with van der Waals surface area (Å²) < 4.78 is 15.8. The zero-order chi connectivity index (χ0) is 23.7. The number of nitrogens with zero attached hydrogens (tertiary/aromatic N) is 2. The number of esters is 1. The van der Waals surface area contributed by atoms with Gasteiger partial charge >= 0.3 is 11.6 Å². The van der Waals surface area contributed by atoms with Crippen LogP contribution in [0.15, 0.2) is 91.7 Å². The first kappa shape index (κ1) is 21.7. The Balaban J connectivity index is 1.35. The van der Waals surface area contributed by atoms with Crippen molar-refractivity contribution in [3.05, 3.63) is 105 Å². The molecule has 1 atom stereocenters. The third-order valence-electron chi connectivity index (χ3n) is 5.40. The predicted molar refractivity (Wildman–Crippen MR) is 124 cm³/mol. The molecule has 9 heteroatoms. The highest BCUT2D eigenvalue weighted by Crippen LogP contribution is 2.33. The van der Waals surface area contributed by atoms with Crippen molar-refractivity contribution in [3.63, 3.8) is 0 Å². The molecular weight excluding hydrogens is 460 g/mol. The first-order valence-electron chi connectivity index (χ1n) is 10.4. The summed E-state index contributed by atoms with van der Waals surface area (Å²) in [5.41, 5.74) is 0.687. The molecule has 0 fully saturated rings. The minimum absolute atomic E-state index is 0.291. The number of hydrogen-bond donors (Lipinski definition) is 0. The molecule has 0 N–H and O–H groups in total. The maximum absolute atomic E-state index is 13.0. The summed E-state index contributed by atoms with van der Waals surface area (Å²) in [5.74, 6) is -0.977. The Morgan fingerprint density at radius 3 is 2.65 bits per heavy atom. The van der Waals surface area contributed by atoms with E-state index < -0.39 is 30.2 Å². The Morgan fingerprint density at radius 2 is 1.88 bits per heavy atom. The second-order valence-corrected chi connectivity index (χ2v) is 8.03. The van der Waals surface area contributed by atoms with Crippen LogP contribution in [0.2, 0.25) is 5.02 Å². The lowest BCUT2D eigenvalue weighted by Gasteiger charge is -2.19. The lowest BCUT2D eigenvalue weighted by Crippen LogP contribution is -2.31. The third-order valence-corrected chi connectivity index (χ3v) is 5.65. The van der Waals surface area contributed by atoms with Crippen LogP contribution in [0.25, 0.3) is 11.0 Å². The smallest absolute Gasteiger partial charge is 0.351 e. The number of carbonyl (C=O) groups is 2. The zero-order valence-electron chi connectivity index (χ0n) is 17.6. The van der Waals surface area contributed by atoms with Gasteiger partial charge in [-0.1, -0.05) is 41.9 Å². The molecule has 0 saturated carbocycles. The summed E-state index contributed by atoms with van der Waals surface area (Å²) in [6.45, 7) is -0.611. The van der Waals surface area contributed by atoms with Gasteiger partial charge in [-0.25, -0.2) is 14.6 Å². The van der Waals surface area contributed by atoms with Crippen molar-refractivity contribution in [3.8, 4) is 0 Å². The fraction of sp³-hybridized carbons (Fsp3) is 0.120. The molecule has 3 heterocycles. The lowest BCUT2D eigenvalue weighted by atomic mass is 10.0. The number of amides is 1. The molecule has 0 saturated heterocycles. The molecule has 0 radical (unpaired) electrons. The van der Waals surface area contributed by atoms with Gasteiger partial charge in [0.15, 0.2) is 6.61 Å². The summed E-state index contributed by atoms with van der Waals surface area (Å²) in [5, 5.41) is 6.85. The summed E-state index contributed by atoms with van der Waals surface area (Å²) in [6.07, 6.45) is 1.92. The topological polar surface area (TPSA) is 102 Å². The van der Waals surface area contributed by atoms with E-state index in [2.05, 4.69) is 5.10 Å². The number of para-hydroxylation sites is 1. The van der Waals surface area contributed by atoms with Crippen molar-refractivity contribution in [1.29, 1.82) is 0 Å². The monoisotopic (exact) mass is 476 g/mol. The highest BCUT2D eigenvalue weighted by Gasteiger charge is 2.35. The van der Waals surface area contributed by atoms with E-state index in [1.807, 2.05) is 12.1 Å². The van der Waals surface area contributed by atoms with Gasteiger partial charge in [-0.3, -0.25) is 4.79 Å². The van der Waals surface area contributed by atoms with Gasteiger partial charge in [0.1, 0.15) is 22.9 Å². The second-order valence-electron chi connectivity index (χ2n) is 7.59. The van der Waals surface area contributed by atoms with Crippen molar-refractivity contribution in [2.75, 3.05) is 6.61 Å². The number of hydrogen-bond acceptors (Lipinski definition) is 7. The van der Waals surface area contributed by atoms with E-state index >= 15 is 0 Å². The van der Waals surface area contributed by atoms with Crippen LogP contribution in [0, 0.1) is 0 Å². The van der Waals surface area contributed by atoms with Gasteiger partial charge in [0, 0.05) is 16.8 Å². The van der Waals surface area contributed by atoms with Gasteiger partial charge in [-0.15, -0.1) is 0 Å². The standard InChI is InChI=1S/C25H17ClN2O6/c26-17-9-7-15(8-10-17)19-13-20(22-6-3-11-32-22)28(27-19)23(29)14-33-24(30)18-12-16-4-1-2-5-21(16)34-25(18)31/h1-12,20H,13-14H2. The van der Waals surface area contributed by atoms with Crippen LogP contribution in [0.3, 0.4) is 0 Å². The summed E-state index contributed by atoms with van der Waals surface area (Å²) in [7, 11) is 0.